The van der Waals surface area contributed by atoms with E-state index in [9.17, 15) is 0 Å². The molecule has 0 saturated heterocycles. The van der Waals surface area contributed by atoms with Crippen LogP contribution in [0.5, 0.6) is 0 Å². The van der Waals surface area contributed by atoms with E-state index in [-0.39, 0.29) is 0 Å². The molecule has 0 spiro atoms. The Morgan fingerprint density at radius 3 is 1.57 bits per heavy atom. The molecule has 0 aromatic carbocycles. The molecule has 0 aliphatic rings. The molecule has 0 fully saturated rings. The third-order valence-corrected chi connectivity index (χ3v) is 3.88. The second-order valence-electron chi connectivity index (χ2n) is 6.55. The molecule has 10 heteroatoms. The van der Waals surface area contributed by atoms with Gasteiger partial charge in [0.05, 0.1) is 5.84 Å². The van der Waals surface area contributed by atoms with E-state index >= 15 is 0 Å². The van der Waals surface area contributed by atoms with Crippen LogP contribution in [-0.4, -0.2) is 56.9 Å². The van der Waals surface area contributed by atoms with Crippen molar-refractivity contribution in [2.24, 2.45) is 42.9 Å². The number of hydrogen-bond acceptors (Lipinski definition) is 4. The molecule has 28 heavy (non-hydrogen) atoms. The number of nitrogens with two attached hydrogens (primary N) is 4. The Morgan fingerprint density at radius 1 is 0.643 bits per heavy atom. The summed E-state index contributed by atoms with van der Waals surface area (Å²) in [6.07, 6.45) is 8.44. The Labute approximate surface area is 169 Å². The third-order valence-electron chi connectivity index (χ3n) is 3.88. The highest BCUT2D eigenvalue weighted by molar-refractivity contribution is 5.97. The van der Waals surface area contributed by atoms with Crippen molar-refractivity contribution in [2.45, 2.75) is 58.3 Å². The summed E-state index contributed by atoms with van der Waals surface area (Å²) < 4.78 is 0. The van der Waals surface area contributed by atoms with Gasteiger partial charge in [-0.15, -0.1) is 0 Å². The van der Waals surface area contributed by atoms with Gasteiger partial charge in [-0.3, -0.25) is 25.3 Å². The molecule has 0 aliphatic heterocycles. The molecule has 0 atom stereocenters. The first-order valence-corrected chi connectivity index (χ1v) is 10.0. The standard InChI is InChI=1S/C18H40N10/c1-15(19)24-11-7-3-4-9-13-26-17(21)28-18(22)27-14-10-6-5-8-12-25-16(20)23-2/h3-14H2,1-2H3,(H2,19,24)(H3,20,23,25)(H5,21,22,26,27,28). The van der Waals surface area contributed by atoms with E-state index in [1.165, 1.54) is 0 Å². The number of amidine groups is 1. The first kappa shape index (κ1) is 25.5. The van der Waals surface area contributed by atoms with Crippen molar-refractivity contribution in [3.8, 4) is 0 Å². The van der Waals surface area contributed by atoms with Gasteiger partial charge in [0.1, 0.15) is 0 Å². The van der Waals surface area contributed by atoms with Crippen LogP contribution in [0.3, 0.4) is 0 Å². The summed E-state index contributed by atoms with van der Waals surface area (Å²) in [6.45, 7) is 4.78. The van der Waals surface area contributed by atoms with E-state index in [0.29, 0.717) is 36.8 Å². The summed E-state index contributed by atoms with van der Waals surface area (Å²) in [5.74, 6) is 1.74. The molecule has 0 radical (unpaired) electrons. The molecule has 0 rings (SSSR count). The van der Waals surface area contributed by atoms with Gasteiger partial charge in [0.15, 0.2) is 17.9 Å². The predicted octanol–water partition coefficient (Wildman–Crippen LogP) is 0.237. The van der Waals surface area contributed by atoms with Crippen molar-refractivity contribution in [3.63, 3.8) is 0 Å². The fraction of sp³-hybridized carbons (Fsp3) is 0.778. The zero-order valence-electron chi connectivity index (χ0n) is 17.6. The largest absolute Gasteiger partial charge is 0.388 e. The Bertz CT molecular complexity index is 506. The van der Waals surface area contributed by atoms with Crippen molar-refractivity contribution in [2.75, 3.05) is 33.2 Å². The molecule has 0 aliphatic carbocycles. The van der Waals surface area contributed by atoms with Gasteiger partial charge in [-0.05, 0) is 32.6 Å². The molecule has 0 unspecified atom stereocenters. The summed E-state index contributed by atoms with van der Waals surface area (Å²) in [7, 11) is 1.67. The maximum absolute atomic E-state index is 5.81. The second-order valence-corrected chi connectivity index (χ2v) is 6.55. The van der Waals surface area contributed by atoms with Crippen LogP contribution < -0.4 is 33.6 Å². The van der Waals surface area contributed by atoms with E-state index < -0.39 is 0 Å². The minimum absolute atomic E-state index is 0.310. The van der Waals surface area contributed by atoms with Gasteiger partial charge in [0, 0.05) is 33.2 Å². The van der Waals surface area contributed by atoms with Crippen LogP contribution in [0.4, 0.5) is 0 Å². The molecular formula is C18H40N10. The highest BCUT2D eigenvalue weighted by Crippen LogP contribution is 2.00. The average Bonchev–Trinajstić information content (AvgIpc) is 2.65. The fourth-order valence-electron chi connectivity index (χ4n) is 2.33. The van der Waals surface area contributed by atoms with E-state index in [1.54, 1.807) is 14.0 Å². The Morgan fingerprint density at radius 2 is 1.11 bits per heavy atom. The lowest BCUT2D eigenvalue weighted by Gasteiger charge is -2.06. The van der Waals surface area contributed by atoms with Gasteiger partial charge in [-0.2, -0.15) is 0 Å². The van der Waals surface area contributed by atoms with Crippen molar-refractivity contribution in [1.29, 1.82) is 0 Å². The summed E-state index contributed by atoms with van der Waals surface area (Å²) in [4.78, 5) is 16.5. The van der Waals surface area contributed by atoms with Gasteiger partial charge < -0.3 is 28.3 Å². The van der Waals surface area contributed by atoms with Crippen LogP contribution >= 0.6 is 0 Å². The maximum atomic E-state index is 5.81. The molecule has 0 aromatic heterocycles. The summed E-state index contributed by atoms with van der Waals surface area (Å²) in [6, 6.07) is 0. The summed E-state index contributed by atoms with van der Waals surface area (Å²) >= 11 is 0. The second kappa shape index (κ2) is 17.9. The van der Waals surface area contributed by atoms with Gasteiger partial charge in [0.25, 0.3) is 0 Å². The van der Waals surface area contributed by atoms with Crippen molar-refractivity contribution < 1.29 is 0 Å². The number of guanidine groups is 3. The van der Waals surface area contributed by atoms with Crippen molar-refractivity contribution >= 4 is 23.7 Å². The number of nitrogens with one attached hydrogen (secondary N) is 2. The smallest absolute Gasteiger partial charge is 0.195 e. The monoisotopic (exact) mass is 396 g/mol. The van der Waals surface area contributed by atoms with Crippen LogP contribution in [0, 0.1) is 0 Å². The number of aliphatic imine (C=N–C) groups is 4. The molecule has 162 valence electrons. The lowest BCUT2D eigenvalue weighted by molar-refractivity contribution is 0.636. The normalized spacial score (nSPS) is 13.6. The zero-order chi connectivity index (χ0) is 21.0. The van der Waals surface area contributed by atoms with Gasteiger partial charge in [0.2, 0.25) is 0 Å². The summed E-state index contributed by atoms with van der Waals surface area (Å²) in [5.41, 5.74) is 22.7. The van der Waals surface area contributed by atoms with Gasteiger partial charge in [-0.1, -0.05) is 25.7 Å². The first-order chi connectivity index (χ1) is 13.5. The molecule has 10 nitrogen and oxygen atoms in total. The Balaban J connectivity index is 3.65. The number of hydrogen-bond donors (Lipinski definition) is 6. The third kappa shape index (κ3) is 18.3. The number of nitrogens with zero attached hydrogens (tertiary/aromatic N) is 4. The minimum Gasteiger partial charge on any atom is -0.388 e. The minimum atomic E-state index is 0.310. The van der Waals surface area contributed by atoms with E-state index in [0.717, 1.165) is 64.5 Å². The fourth-order valence-corrected chi connectivity index (χ4v) is 2.33. The molecule has 0 saturated carbocycles. The molecule has 0 heterocycles. The first-order valence-electron chi connectivity index (χ1n) is 10.0. The lowest BCUT2D eigenvalue weighted by atomic mass is 10.2. The number of unbranched alkanes of at least 4 members (excludes halogenated alkanes) is 6. The molecule has 0 bridgehead atoms. The zero-order valence-corrected chi connectivity index (χ0v) is 17.6. The Kier molecular flexibility index (Phi) is 16.3. The topological polar surface area (TPSA) is 178 Å². The molecule has 0 amide bonds. The van der Waals surface area contributed by atoms with Gasteiger partial charge in [-0.25, -0.2) is 0 Å². The highest BCUT2D eigenvalue weighted by Gasteiger charge is 1.96. The van der Waals surface area contributed by atoms with Crippen LogP contribution in [-0.2, 0) is 0 Å². The molecule has 0 aromatic rings. The average molecular weight is 397 g/mol. The molecular weight excluding hydrogens is 356 g/mol. The quantitative estimate of drug-likeness (QED) is 0.139. The highest BCUT2D eigenvalue weighted by atomic mass is 15.2. The van der Waals surface area contributed by atoms with Gasteiger partial charge >= 0.3 is 0 Å². The van der Waals surface area contributed by atoms with Crippen LogP contribution in [0.15, 0.2) is 20.0 Å². The Hall–Kier alpha value is -2.52. The molecule has 10 N–H and O–H groups in total. The van der Waals surface area contributed by atoms with Crippen LogP contribution in [0.2, 0.25) is 0 Å². The van der Waals surface area contributed by atoms with Crippen molar-refractivity contribution in [1.82, 2.24) is 10.6 Å². The van der Waals surface area contributed by atoms with E-state index in [4.69, 9.17) is 22.9 Å². The van der Waals surface area contributed by atoms with Crippen molar-refractivity contribution in [3.05, 3.63) is 0 Å². The number of rotatable bonds is 14. The van der Waals surface area contributed by atoms with E-state index in [2.05, 4.69) is 30.6 Å². The summed E-state index contributed by atoms with van der Waals surface area (Å²) in [5, 5.41) is 5.85. The van der Waals surface area contributed by atoms with E-state index in [1.807, 2.05) is 0 Å². The van der Waals surface area contributed by atoms with Crippen LogP contribution in [0.25, 0.3) is 0 Å². The van der Waals surface area contributed by atoms with Crippen LogP contribution in [0.1, 0.15) is 58.3 Å². The maximum Gasteiger partial charge on any atom is 0.195 e. The lowest BCUT2D eigenvalue weighted by Crippen LogP contribution is -2.41. The SMILES string of the molecule is CN=C(N)NCCCCCCN=C(N)NC(N)=NCCCCCCN=C(C)N. The predicted molar refractivity (Wildman–Crippen MR) is 121 cm³/mol.